The van der Waals surface area contributed by atoms with Crippen molar-refractivity contribution in [3.8, 4) is 0 Å². The normalized spacial score (nSPS) is 14.8. The van der Waals surface area contributed by atoms with Crippen LogP contribution >= 0.6 is 0 Å². The molecule has 0 saturated heterocycles. The van der Waals surface area contributed by atoms with Gasteiger partial charge in [0, 0.05) is 30.4 Å². The van der Waals surface area contributed by atoms with Gasteiger partial charge in [-0.2, -0.15) is 5.10 Å². The number of nitrogens with one attached hydrogen (secondary N) is 1. The van der Waals surface area contributed by atoms with Gasteiger partial charge in [0.15, 0.2) is 0 Å². The molecule has 1 N–H and O–H groups in total. The van der Waals surface area contributed by atoms with Crippen LogP contribution in [-0.4, -0.2) is 20.8 Å². The molecule has 0 spiro atoms. The van der Waals surface area contributed by atoms with E-state index in [0.29, 0.717) is 19.0 Å². The van der Waals surface area contributed by atoms with Gasteiger partial charge in [-0.3, -0.25) is 9.78 Å². The Labute approximate surface area is 117 Å². The molecule has 20 heavy (non-hydrogen) atoms. The Morgan fingerprint density at radius 2 is 2.25 bits per heavy atom. The Morgan fingerprint density at radius 3 is 2.90 bits per heavy atom. The van der Waals surface area contributed by atoms with Crippen LogP contribution in [0.4, 0.5) is 5.69 Å². The van der Waals surface area contributed by atoms with E-state index in [4.69, 9.17) is 0 Å². The first-order valence-corrected chi connectivity index (χ1v) is 7.05. The maximum atomic E-state index is 12.0. The molecular weight excluding hydrogens is 252 g/mol. The quantitative estimate of drug-likeness (QED) is 0.900. The summed E-state index contributed by atoms with van der Waals surface area (Å²) in [5, 5.41) is 7.55. The predicted molar refractivity (Wildman–Crippen MR) is 77.7 cm³/mol. The second kappa shape index (κ2) is 5.86. The van der Waals surface area contributed by atoms with Crippen molar-refractivity contribution < 1.29 is 0 Å². The molecular formula is C15H18N4O. The molecule has 2 heterocycles. The first-order chi connectivity index (χ1) is 9.81. The minimum Gasteiger partial charge on any atom is -0.381 e. The lowest BCUT2D eigenvalue weighted by Gasteiger charge is -2.27. The number of rotatable bonds is 5. The highest BCUT2D eigenvalue weighted by Gasteiger charge is 2.17. The number of aromatic nitrogens is 3. The molecule has 5 nitrogen and oxygen atoms in total. The van der Waals surface area contributed by atoms with Crippen LogP contribution in [0.1, 0.15) is 25.0 Å². The van der Waals surface area contributed by atoms with Crippen LogP contribution < -0.4 is 10.9 Å². The zero-order chi connectivity index (χ0) is 13.8. The van der Waals surface area contributed by atoms with E-state index in [1.54, 1.807) is 18.5 Å². The zero-order valence-corrected chi connectivity index (χ0v) is 11.3. The van der Waals surface area contributed by atoms with Crippen LogP contribution in [0.5, 0.6) is 0 Å². The smallest absolute Gasteiger partial charge is 0.268 e. The third-order valence-corrected chi connectivity index (χ3v) is 3.65. The molecule has 0 aliphatic heterocycles. The summed E-state index contributed by atoms with van der Waals surface area (Å²) in [6.07, 6.45) is 7.84. The van der Waals surface area contributed by atoms with Crippen LogP contribution in [0.25, 0.3) is 0 Å². The summed E-state index contributed by atoms with van der Waals surface area (Å²) < 4.78 is 1.49. The van der Waals surface area contributed by atoms with Gasteiger partial charge in [-0.1, -0.05) is 6.07 Å². The first kappa shape index (κ1) is 12.8. The van der Waals surface area contributed by atoms with Gasteiger partial charge in [0.1, 0.15) is 0 Å². The SMILES string of the molecule is O=c1cc(NC2CCC2)cnn1CCc1ccccn1. The molecule has 0 atom stereocenters. The summed E-state index contributed by atoms with van der Waals surface area (Å²) >= 11 is 0. The number of hydrogen-bond acceptors (Lipinski definition) is 4. The second-order valence-corrected chi connectivity index (χ2v) is 5.15. The van der Waals surface area contributed by atoms with Crippen molar-refractivity contribution in [3.05, 3.63) is 52.7 Å². The van der Waals surface area contributed by atoms with Crippen LogP contribution in [0.2, 0.25) is 0 Å². The molecule has 5 heteroatoms. The van der Waals surface area contributed by atoms with Crippen LogP contribution in [0, 0.1) is 0 Å². The summed E-state index contributed by atoms with van der Waals surface area (Å²) in [5.74, 6) is 0. The van der Waals surface area contributed by atoms with Crippen molar-refractivity contribution in [2.45, 2.75) is 38.3 Å². The maximum Gasteiger partial charge on any atom is 0.268 e. The molecule has 3 rings (SSSR count). The van der Waals surface area contributed by atoms with Crippen molar-refractivity contribution in [2.75, 3.05) is 5.32 Å². The van der Waals surface area contributed by atoms with Gasteiger partial charge in [-0.25, -0.2) is 4.68 Å². The van der Waals surface area contributed by atoms with Crippen molar-refractivity contribution in [1.82, 2.24) is 14.8 Å². The molecule has 2 aromatic heterocycles. The van der Waals surface area contributed by atoms with E-state index >= 15 is 0 Å². The minimum absolute atomic E-state index is 0.0646. The number of pyridine rings is 1. The highest BCUT2D eigenvalue weighted by atomic mass is 16.1. The second-order valence-electron chi connectivity index (χ2n) is 5.15. The molecule has 1 saturated carbocycles. The number of nitrogens with zero attached hydrogens (tertiary/aromatic N) is 3. The largest absolute Gasteiger partial charge is 0.381 e. The third kappa shape index (κ3) is 3.04. The fraction of sp³-hybridized carbons (Fsp3) is 0.400. The van der Waals surface area contributed by atoms with Gasteiger partial charge < -0.3 is 5.32 Å². The van der Waals surface area contributed by atoms with Crippen molar-refractivity contribution >= 4 is 5.69 Å². The van der Waals surface area contributed by atoms with E-state index in [1.807, 2.05) is 18.2 Å². The van der Waals surface area contributed by atoms with E-state index < -0.39 is 0 Å². The van der Waals surface area contributed by atoms with Gasteiger partial charge in [0.2, 0.25) is 0 Å². The van der Waals surface area contributed by atoms with E-state index in [9.17, 15) is 4.79 Å². The highest BCUT2D eigenvalue weighted by Crippen LogP contribution is 2.21. The summed E-state index contributed by atoms with van der Waals surface area (Å²) in [7, 11) is 0. The molecule has 0 bridgehead atoms. The fourth-order valence-corrected chi connectivity index (χ4v) is 2.24. The lowest BCUT2D eigenvalue weighted by atomic mass is 9.93. The molecule has 104 valence electrons. The Morgan fingerprint density at radius 1 is 1.35 bits per heavy atom. The van der Waals surface area contributed by atoms with E-state index in [0.717, 1.165) is 11.4 Å². The molecule has 0 amide bonds. The molecule has 1 fully saturated rings. The van der Waals surface area contributed by atoms with Crippen LogP contribution in [0.3, 0.4) is 0 Å². The minimum atomic E-state index is -0.0646. The van der Waals surface area contributed by atoms with Gasteiger partial charge in [-0.15, -0.1) is 0 Å². The Bertz CT molecular complexity index is 619. The maximum absolute atomic E-state index is 12.0. The monoisotopic (exact) mass is 270 g/mol. The van der Waals surface area contributed by atoms with Crippen LogP contribution in [0.15, 0.2) is 41.5 Å². The lowest BCUT2D eigenvalue weighted by molar-refractivity contribution is 0.445. The highest BCUT2D eigenvalue weighted by molar-refractivity contribution is 5.40. The predicted octanol–water partition coefficient (Wildman–Crippen LogP) is 1.85. The standard InChI is InChI=1S/C15H18N4O/c20-15-10-14(18-13-5-3-6-13)11-17-19(15)9-7-12-4-1-2-8-16-12/h1-2,4,8,10-11,13,18H,3,5-7,9H2. The summed E-state index contributed by atoms with van der Waals surface area (Å²) in [6, 6.07) is 7.93. The molecule has 0 unspecified atom stereocenters. The fourth-order valence-electron chi connectivity index (χ4n) is 2.24. The van der Waals surface area contributed by atoms with Gasteiger partial charge in [0.25, 0.3) is 5.56 Å². The summed E-state index contributed by atoms with van der Waals surface area (Å²) in [4.78, 5) is 16.2. The molecule has 0 aromatic carbocycles. The summed E-state index contributed by atoms with van der Waals surface area (Å²) in [5.41, 5.74) is 1.73. The van der Waals surface area contributed by atoms with E-state index in [2.05, 4.69) is 15.4 Å². The average Bonchev–Trinajstić information content (AvgIpc) is 2.43. The number of anilines is 1. The van der Waals surface area contributed by atoms with Crippen LogP contribution in [-0.2, 0) is 13.0 Å². The van der Waals surface area contributed by atoms with Crippen molar-refractivity contribution in [2.24, 2.45) is 0 Å². The molecule has 2 aromatic rings. The Hall–Kier alpha value is -2.17. The first-order valence-electron chi connectivity index (χ1n) is 7.05. The summed E-state index contributed by atoms with van der Waals surface area (Å²) in [6.45, 7) is 0.555. The van der Waals surface area contributed by atoms with Crippen molar-refractivity contribution in [3.63, 3.8) is 0 Å². The Balaban J connectivity index is 1.63. The zero-order valence-electron chi connectivity index (χ0n) is 11.3. The van der Waals surface area contributed by atoms with Gasteiger partial charge in [-0.05, 0) is 31.4 Å². The molecule has 1 aliphatic carbocycles. The average molecular weight is 270 g/mol. The number of aryl methyl sites for hydroxylation is 2. The third-order valence-electron chi connectivity index (χ3n) is 3.65. The van der Waals surface area contributed by atoms with Gasteiger partial charge in [0.05, 0.1) is 18.4 Å². The molecule has 0 radical (unpaired) electrons. The lowest BCUT2D eigenvalue weighted by Crippen LogP contribution is -2.29. The Kier molecular flexibility index (Phi) is 3.76. The van der Waals surface area contributed by atoms with E-state index in [-0.39, 0.29) is 5.56 Å². The number of hydrogen-bond donors (Lipinski definition) is 1. The topological polar surface area (TPSA) is 59.8 Å². The molecule has 1 aliphatic rings. The van der Waals surface area contributed by atoms with E-state index in [1.165, 1.54) is 23.9 Å². The van der Waals surface area contributed by atoms with Crippen molar-refractivity contribution in [1.29, 1.82) is 0 Å². The van der Waals surface area contributed by atoms with Gasteiger partial charge >= 0.3 is 0 Å².